The zero-order chi connectivity index (χ0) is 18.7. The van der Waals surface area contributed by atoms with Gasteiger partial charge in [-0.3, -0.25) is 20.4 Å². The van der Waals surface area contributed by atoms with Crippen LogP contribution in [0.4, 0.5) is 0 Å². The summed E-state index contributed by atoms with van der Waals surface area (Å²) in [4.78, 5) is 24.7. The Bertz CT molecular complexity index is 973. The summed E-state index contributed by atoms with van der Waals surface area (Å²) in [5.41, 5.74) is 6.53. The first-order valence-electron chi connectivity index (χ1n) is 7.65. The first-order chi connectivity index (χ1) is 12.5. The van der Waals surface area contributed by atoms with Crippen LogP contribution in [-0.2, 0) is 0 Å². The molecule has 0 radical (unpaired) electrons. The van der Waals surface area contributed by atoms with Gasteiger partial charge in [-0.25, -0.2) is 4.68 Å². The van der Waals surface area contributed by atoms with E-state index in [0.29, 0.717) is 15.7 Å². The van der Waals surface area contributed by atoms with E-state index in [4.69, 9.17) is 11.6 Å². The largest absolute Gasteiger partial charge is 0.274 e. The third-order valence-corrected chi connectivity index (χ3v) is 4.68. The molecule has 0 bridgehead atoms. The van der Waals surface area contributed by atoms with Crippen LogP contribution in [0.25, 0.3) is 5.69 Å². The van der Waals surface area contributed by atoms with Gasteiger partial charge in [0.1, 0.15) is 10.7 Å². The highest BCUT2D eigenvalue weighted by Crippen LogP contribution is 2.23. The van der Waals surface area contributed by atoms with Crippen molar-refractivity contribution in [2.45, 2.75) is 6.92 Å². The van der Waals surface area contributed by atoms with E-state index in [2.05, 4.69) is 31.9 Å². The fourth-order valence-corrected chi connectivity index (χ4v) is 3.21. The first-order valence-corrected chi connectivity index (χ1v) is 8.82. The van der Waals surface area contributed by atoms with Crippen molar-refractivity contribution >= 4 is 39.3 Å². The predicted octanol–water partition coefficient (Wildman–Crippen LogP) is 3.67. The molecule has 8 heteroatoms. The number of aromatic nitrogens is 2. The number of nitrogens with zero attached hydrogens (tertiary/aromatic N) is 2. The van der Waals surface area contributed by atoms with Crippen molar-refractivity contribution in [3.63, 3.8) is 0 Å². The molecule has 0 aliphatic heterocycles. The average molecular weight is 434 g/mol. The van der Waals surface area contributed by atoms with Crippen LogP contribution in [0.3, 0.4) is 0 Å². The van der Waals surface area contributed by atoms with Gasteiger partial charge in [-0.15, -0.1) is 0 Å². The Morgan fingerprint density at radius 2 is 1.62 bits per heavy atom. The van der Waals surface area contributed by atoms with Crippen molar-refractivity contribution in [2.75, 3.05) is 0 Å². The van der Waals surface area contributed by atoms with Gasteiger partial charge in [0.25, 0.3) is 11.8 Å². The smallest absolute Gasteiger partial charge is 0.267 e. The molecule has 6 nitrogen and oxygen atoms in total. The lowest BCUT2D eigenvalue weighted by Gasteiger charge is -2.08. The highest BCUT2D eigenvalue weighted by Gasteiger charge is 2.21. The van der Waals surface area contributed by atoms with Crippen molar-refractivity contribution < 1.29 is 9.59 Å². The molecule has 3 rings (SSSR count). The molecule has 3 aromatic rings. The Hall–Kier alpha value is -2.64. The van der Waals surface area contributed by atoms with Crippen molar-refractivity contribution in [1.82, 2.24) is 20.6 Å². The maximum absolute atomic E-state index is 12.5. The highest BCUT2D eigenvalue weighted by molar-refractivity contribution is 9.10. The molecule has 2 aromatic carbocycles. The van der Waals surface area contributed by atoms with Crippen LogP contribution in [0.1, 0.15) is 26.4 Å². The molecule has 0 fully saturated rings. The van der Waals surface area contributed by atoms with Crippen LogP contribution in [0.2, 0.25) is 5.15 Å². The second-order valence-corrected chi connectivity index (χ2v) is 6.60. The lowest BCUT2D eigenvalue weighted by atomic mass is 10.2. The van der Waals surface area contributed by atoms with Gasteiger partial charge in [0.15, 0.2) is 0 Å². The van der Waals surface area contributed by atoms with Crippen molar-refractivity contribution in [2.24, 2.45) is 0 Å². The second-order valence-electron chi connectivity index (χ2n) is 5.39. The van der Waals surface area contributed by atoms with Gasteiger partial charge in [0.05, 0.1) is 16.9 Å². The maximum atomic E-state index is 12.5. The molecular formula is C18H14BrClN4O2. The van der Waals surface area contributed by atoms with Crippen LogP contribution in [0.5, 0.6) is 0 Å². The molecule has 1 aromatic heterocycles. The minimum Gasteiger partial charge on any atom is -0.267 e. The Kier molecular flexibility index (Phi) is 5.39. The first kappa shape index (κ1) is 18.2. The summed E-state index contributed by atoms with van der Waals surface area (Å²) in [6, 6.07) is 16.1. The number of hydrogen-bond acceptors (Lipinski definition) is 3. The van der Waals surface area contributed by atoms with Gasteiger partial charge in [-0.05, 0) is 47.1 Å². The standard InChI is InChI=1S/C18H14BrClN4O2/c1-11-15(16(20)24(23-11)12-7-3-2-4-8-12)18(26)22-21-17(25)13-9-5-6-10-14(13)19/h2-10H,1H3,(H,21,25)(H,22,26). The van der Waals surface area contributed by atoms with E-state index >= 15 is 0 Å². The zero-order valence-electron chi connectivity index (χ0n) is 13.7. The van der Waals surface area contributed by atoms with Crippen LogP contribution < -0.4 is 10.9 Å². The molecule has 0 saturated carbocycles. The Morgan fingerprint density at radius 3 is 2.31 bits per heavy atom. The summed E-state index contributed by atoms with van der Waals surface area (Å²) < 4.78 is 2.10. The molecule has 0 aliphatic carbocycles. The molecule has 1 heterocycles. The Balaban J connectivity index is 1.78. The number of carbonyl (C=O) groups excluding carboxylic acids is 2. The zero-order valence-corrected chi connectivity index (χ0v) is 16.0. The molecule has 0 spiro atoms. The average Bonchev–Trinajstić information content (AvgIpc) is 2.95. The van der Waals surface area contributed by atoms with E-state index in [1.54, 1.807) is 31.2 Å². The van der Waals surface area contributed by atoms with E-state index in [1.807, 2.05) is 30.3 Å². The lowest BCUT2D eigenvalue weighted by Crippen LogP contribution is -2.42. The lowest BCUT2D eigenvalue weighted by molar-refractivity contribution is 0.0846. The molecule has 0 aliphatic rings. The van der Waals surface area contributed by atoms with Gasteiger partial charge in [-0.1, -0.05) is 41.9 Å². The van der Waals surface area contributed by atoms with Crippen molar-refractivity contribution in [1.29, 1.82) is 0 Å². The Labute approximate surface area is 163 Å². The number of para-hydroxylation sites is 1. The molecule has 2 amide bonds. The normalized spacial score (nSPS) is 10.4. The van der Waals surface area contributed by atoms with Crippen molar-refractivity contribution in [3.05, 3.63) is 81.0 Å². The van der Waals surface area contributed by atoms with E-state index in [9.17, 15) is 9.59 Å². The number of hydrazine groups is 1. The number of hydrogen-bond donors (Lipinski definition) is 2. The number of halogens is 2. The maximum Gasteiger partial charge on any atom is 0.274 e. The van der Waals surface area contributed by atoms with Gasteiger partial charge in [0, 0.05) is 4.47 Å². The number of aryl methyl sites for hydroxylation is 1. The quantitative estimate of drug-likeness (QED) is 0.619. The summed E-state index contributed by atoms with van der Waals surface area (Å²) in [5.74, 6) is -0.995. The van der Waals surface area contributed by atoms with Gasteiger partial charge < -0.3 is 0 Å². The van der Waals surface area contributed by atoms with Gasteiger partial charge in [-0.2, -0.15) is 5.10 Å². The predicted molar refractivity (Wildman–Crippen MR) is 102 cm³/mol. The number of amides is 2. The number of nitrogens with one attached hydrogen (secondary N) is 2. The molecule has 0 saturated heterocycles. The molecule has 132 valence electrons. The fourth-order valence-electron chi connectivity index (χ4n) is 2.39. The SMILES string of the molecule is Cc1nn(-c2ccccc2)c(Cl)c1C(=O)NNC(=O)c1ccccc1Br. The summed E-state index contributed by atoms with van der Waals surface area (Å²) >= 11 is 9.63. The monoisotopic (exact) mass is 432 g/mol. The van der Waals surface area contributed by atoms with Crippen LogP contribution >= 0.6 is 27.5 Å². The van der Waals surface area contributed by atoms with Gasteiger partial charge in [0.2, 0.25) is 0 Å². The molecule has 0 atom stereocenters. The highest BCUT2D eigenvalue weighted by atomic mass is 79.9. The van der Waals surface area contributed by atoms with E-state index < -0.39 is 11.8 Å². The summed E-state index contributed by atoms with van der Waals surface area (Å²) in [6.45, 7) is 1.68. The topological polar surface area (TPSA) is 76.0 Å². The Morgan fingerprint density at radius 1 is 1.00 bits per heavy atom. The van der Waals surface area contributed by atoms with Crippen LogP contribution in [0, 0.1) is 6.92 Å². The van der Waals surface area contributed by atoms with E-state index in [1.165, 1.54) is 4.68 Å². The summed E-state index contributed by atoms with van der Waals surface area (Å²) in [5, 5.41) is 4.47. The summed E-state index contributed by atoms with van der Waals surface area (Å²) in [7, 11) is 0. The summed E-state index contributed by atoms with van der Waals surface area (Å²) in [6.07, 6.45) is 0. The van der Waals surface area contributed by atoms with Crippen LogP contribution in [-0.4, -0.2) is 21.6 Å². The van der Waals surface area contributed by atoms with E-state index in [0.717, 1.165) is 5.69 Å². The second kappa shape index (κ2) is 7.72. The fraction of sp³-hybridized carbons (Fsp3) is 0.0556. The minimum atomic E-state index is -0.546. The number of benzene rings is 2. The minimum absolute atomic E-state index is 0.168. The molecule has 2 N–H and O–H groups in total. The van der Waals surface area contributed by atoms with Crippen LogP contribution in [0.15, 0.2) is 59.1 Å². The van der Waals surface area contributed by atoms with Gasteiger partial charge >= 0.3 is 0 Å². The molecule has 0 unspecified atom stereocenters. The number of carbonyl (C=O) groups is 2. The molecule has 26 heavy (non-hydrogen) atoms. The third kappa shape index (κ3) is 3.63. The number of rotatable bonds is 3. The molecular weight excluding hydrogens is 420 g/mol. The van der Waals surface area contributed by atoms with E-state index in [-0.39, 0.29) is 10.7 Å². The third-order valence-electron chi connectivity index (χ3n) is 3.64. The van der Waals surface area contributed by atoms with Crippen molar-refractivity contribution in [3.8, 4) is 5.69 Å².